The Morgan fingerprint density at radius 1 is 1.06 bits per heavy atom. The first kappa shape index (κ1) is 23.1. The SMILES string of the molecule is CCCCCCCC1c2cc(OC)c(OC)cc2CCN1Cc1ccccc1[N+](=O)[O-]. The molecule has 0 spiro atoms. The van der Waals surface area contributed by atoms with Gasteiger partial charge >= 0.3 is 0 Å². The van der Waals surface area contributed by atoms with Crippen molar-refractivity contribution < 1.29 is 14.4 Å². The first-order valence-electron chi connectivity index (χ1n) is 11.3. The van der Waals surface area contributed by atoms with Crippen LogP contribution in [0.3, 0.4) is 0 Å². The molecule has 168 valence electrons. The second-order valence-electron chi connectivity index (χ2n) is 8.23. The molecule has 0 amide bonds. The van der Waals surface area contributed by atoms with Crippen molar-refractivity contribution >= 4 is 5.69 Å². The summed E-state index contributed by atoms with van der Waals surface area (Å²) in [5.74, 6) is 1.50. The van der Waals surface area contributed by atoms with Crippen molar-refractivity contribution in [3.63, 3.8) is 0 Å². The van der Waals surface area contributed by atoms with E-state index in [1.54, 1.807) is 26.4 Å². The van der Waals surface area contributed by atoms with Crippen molar-refractivity contribution in [3.8, 4) is 11.5 Å². The largest absolute Gasteiger partial charge is 0.493 e. The normalized spacial score (nSPS) is 16.0. The van der Waals surface area contributed by atoms with Gasteiger partial charge in [0.1, 0.15) is 0 Å². The van der Waals surface area contributed by atoms with E-state index in [0.29, 0.717) is 6.54 Å². The molecule has 1 heterocycles. The highest BCUT2D eigenvalue weighted by Gasteiger charge is 2.30. The van der Waals surface area contributed by atoms with Crippen LogP contribution >= 0.6 is 0 Å². The molecule has 3 rings (SSSR count). The molecule has 0 saturated carbocycles. The maximum Gasteiger partial charge on any atom is 0.273 e. The number of nitro benzene ring substituents is 1. The molecule has 1 aliphatic heterocycles. The van der Waals surface area contributed by atoms with Gasteiger partial charge in [-0.2, -0.15) is 0 Å². The smallest absolute Gasteiger partial charge is 0.273 e. The molecule has 0 bridgehead atoms. The van der Waals surface area contributed by atoms with Crippen LogP contribution in [0.25, 0.3) is 0 Å². The third-order valence-electron chi connectivity index (χ3n) is 6.26. The van der Waals surface area contributed by atoms with E-state index in [4.69, 9.17) is 9.47 Å². The molecule has 0 fully saturated rings. The summed E-state index contributed by atoms with van der Waals surface area (Å²) in [4.78, 5) is 13.6. The summed E-state index contributed by atoms with van der Waals surface area (Å²) in [5.41, 5.74) is 3.52. The zero-order valence-corrected chi connectivity index (χ0v) is 18.9. The van der Waals surface area contributed by atoms with Crippen molar-refractivity contribution in [2.45, 2.75) is 64.5 Å². The highest BCUT2D eigenvalue weighted by Crippen LogP contribution is 2.41. The summed E-state index contributed by atoms with van der Waals surface area (Å²) >= 11 is 0. The zero-order chi connectivity index (χ0) is 22.2. The quantitative estimate of drug-likeness (QED) is 0.248. The number of unbranched alkanes of at least 4 members (excludes halogenated alkanes) is 4. The number of benzene rings is 2. The van der Waals surface area contributed by atoms with E-state index >= 15 is 0 Å². The molecule has 0 saturated heterocycles. The van der Waals surface area contributed by atoms with Crippen LogP contribution in [0, 0.1) is 10.1 Å². The molecule has 2 aromatic rings. The maximum atomic E-state index is 11.5. The van der Waals surface area contributed by atoms with E-state index in [1.165, 1.54) is 36.8 Å². The Kier molecular flexibility index (Phi) is 8.29. The fourth-order valence-corrected chi connectivity index (χ4v) is 4.59. The van der Waals surface area contributed by atoms with Crippen LogP contribution in [-0.2, 0) is 13.0 Å². The molecule has 1 unspecified atom stereocenters. The minimum atomic E-state index is -0.277. The van der Waals surface area contributed by atoms with Crippen molar-refractivity contribution in [3.05, 3.63) is 63.2 Å². The molecule has 0 radical (unpaired) electrons. The highest BCUT2D eigenvalue weighted by molar-refractivity contribution is 5.49. The van der Waals surface area contributed by atoms with Gasteiger partial charge in [0.2, 0.25) is 0 Å². The lowest BCUT2D eigenvalue weighted by atomic mass is 9.88. The molecule has 0 N–H and O–H groups in total. The van der Waals surface area contributed by atoms with Gasteiger partial charge in [-0.1, -0.05) is 57.2 Å². The Balaban J connectivity index is 1.89. The van der Waals surface area contributed by atoms with Crippen LogP contribution in [0.5, 0.6) is 11.5 Å². The lowest BCUT2D eigenvalue weighted by Gasteiger charge is -2.38. The van der Waals surface area contributed by atoms with E-state index in [2.05, 4.69) is 24.0 Å². The Morgan fingerprint density at radius 3 is 2.48 bits per heavy atom. The number of ether oxygens (including phenoxy) is 2. The molecule has 1 aliphatic rings. The number of hydrogen-bond donors (Lipinski definition) is 0. The lowest BCUT2D eigenvalue weighted by Crippen LogP contribution is -2.35. The van der Waals surface area contributed by atoms with Crippen LogP contribution in [0.2, 0.25) is 0 Å². The van der Waals surface area contributed by atoms with Gasteiger partial charge in [0.15, 0.2) is 11.5 Å². The van der Waals surface area contributed by atoms with Gasteiger partial charge in [0.05, 0.1) is 19.1 Å². The average Bonchev–Trinajstić information content (AvgIpc) is 2.79. The van der Waals surface area contributed by atoms with Crippen LogP contribution in [0.4, 0.5) is 5.69 Å². The van der Waals surface area contributed by atoms with Crippen LogP contribution in [0.1, 0.15) is 68.2 Å². The van der Waals surface area contributed by atoms with Gasteiger partial charge in [-0.3, -0.25) is 15.0 Å². The van der Waals surface area contributed by atoms with Gasteiger partial charge in [0, 0.05) is 30.8 Å². The third-order valence-corrected chi connectivity index (χ3v) is 6.26. The molecule has 6 nitrogen and oxygen atoms in total. The van der Waals surface area contributed by atoms with E-state index < -0.39 is 0 Å². The van der Waals surface area contributed by atoms with Gasteiger partial charge in [-0.05, 0) is 36.1 Å². The molecular weight excluding hydrogens is 392 g/mol. The van der Waals surface area contributed by atoms with Gasteiger partial charge in [-0.25, -0.2) is 0 Å². The molecule has 1 atom stereocenters. The summed E-state index contributed by atoms with van der Waals surface area (Å²) in [6.07, 6.45) is 8.04. The summed E-state index contributed by atoms with van der Waals surface area (Å²) in [6.45, 7) is 3.67. The number of rotatable bonds is 11. The predicted octanol–water partition coefficient (Wildman–Crippen LogP) is 6.07. The van der Waals surface area contributed by atoms with Crippen molar-refractivity contribution in [1.82, 2.24) is 4.90 Å². The van der Waals surface area contributed by atoms with Crippen molar-refractivity contribution in [1.29, 1.82) is 0 Å². The van der Waals surface area contributed by atoms with Crippen LogP contribution < -0.4 is 9.47 Å². The minimum Gasteiger partial charge on any atom is -0.493 e. The number of nitrogens with zero attached hydrogens (tertiary/aromatic N) is 2. The maximum absolute atomic E-state index is 11.5. The number of para-hydroxylation sites is 1. The highest BCUT2D eigenvalue weighted by atomic mass is 16.6. The van der Waals surface area contributed by atoms with E-state index in [0.717, 1.165) is 42.9 Å². The van der Waals surface area contributed by atoms with E-state index in [9.17, 15) is 10.1 Å². The molecular formula is C25H34N2O4. The topological polar surface area (TPSA) is 64.8 Å². The molecule has 31 heavy (non-hydrogen) atoms. The van der Waals surface area contributed by atoms with Gasteiger partial charge in [0.25, 0.3) is 5.69 Å². The summed E-state index contributed by atoms with van der Waals surface area (Å²) in [6, 6.07) is 11.5. The third kappa shape index (κ3) is 5.56. The first-order chi connectivity index (χ1) is 15.1. The Hall–Kier alpha value is -2.60. The minimum absolute atomic E-state index is 0.197. The summed E-state index contributed by atoms with van der Waals surface area (Å²) in [7, 11) is 3.33. The zero-order valence-electron chi connectivity index (χ0n) is 18.9. The van der Waals surface area contributed by atoms with Gasteiger partial charge in [-0.15, -0.1) is 0 Å². The molecule has 0 aliphatic carbocycles. The van der Waals surface area contributed by atoms with Gasteiger partial charge < -0.3 is 9.47 Å². The second-order valence-corrected chi connectivity index (χ2v) is 8.23. The van der Waals surface area contributed by atoms with E-state index in [-0.39, 0.29) is 16.7 Å². The monoisotopic (exact) mass is 426 g/mol. The van der Waals surface area contributed by atoms with Crippen molar-refractivity contribution in [2.75, 3.05) is 20.8 Å². The summed E-state index contributed by atoms with van der Waals surface area (Å²) in [5, 5.41) is 11.5. The standard InChI is InChI=1S/C25H34N2O4/c1-4-5-6-7-8-13-23-21-17-25(31-3)24(30-2)16-19(21)14-15-26(23)18-20-11-9-10-12-22(20)27(28)29/h9-12,16-17,23H,4-8,13-15,18H2,1-3H3. The lowest BCUT2D eigenvalue weighted by molar-refractivity contribution is -0.385. The van der Waals surface area contributed by atoms with E-state index in [1.807, 2.05) is 12.1 Å². The first-order valence-corrected chi connectivity index (χ1v) is 11.3. The summed E-state index contributed by atoms with van der Waals surface area (Å²) < 4.78 is 11.1. The Bertz CT molecular complexity index is 884. The predicted molar refractivity (Wildman–Crippen MR) is 123 cm³/mol. The fraction of sp³-hybridized carbons (Fsp3) is 0.520. The van der Waals surface area contributed by atoms with Crippen molar-refractivity contribution in [2.24, 2.45) is 0 Å². The molecule has 0 aromatic heterocycles. The number of hydrogen-bond acceptors (Lipinski definition) is 5. The molecule has 2 aromatic carbocycles. The fourth-order valence-electron chi connectivity index (χ4n) is 4.59. The second kappa shape index (κ2) is 11.1. The Morgan fingerprint density at radius 2 is 1.77 bits per heavy atom. The molecule has 6 heteroatoms. The average molecular weight is 427 g/mol. The number of methoxy groups -OCH3 is 2. The van der Waals surface area contributed by atoms with Crippen LogP contribution in [-0.4, -0.2) is 30.6 Å². The number of fused-ring (bicyclic) bond motifs is 1. The Labute approximate surface area is 185 Å². The van der Waals surface area contributed by atoms with Crippen LogP contribution in [0.15, 0.2) is 36.4 Å². The number of nitro groups is 1.